The Morgan fingerprint density at radius 1 is 1.21 bits per heavy atom. The third-order valence-corrected chi connectivity index (χ3v) is 3.32. The molecule has 0 aliphatic rings. The van der Waals surface area contributed by atoms with Crippen LogP contribution in [-0.4, -0.2) is 33.3 Å². The summed E-state index contributed by atoms with van der Waals surface area (Å²) in [5.41, 5.74) is 1.15. The Morgan fingerprint density at radius 3 is 2.47 bits per heavy atom. The highest BCUT2D eigenvalue weighted by Gasteiger charge is 2.25. The van der Waals surface area contributed by atoms with Crippen LogP contribution in [0.3, 0.4) is 0 Å². The normalized spacial score (nSPS) is 13.5. The summed E-state index contributed by atoms with van der Waals surface area (Å²) in [7, 11) is 1.98. The topological polar surface area (TPSA) is 55.6 Å². The van der Waals surface area contributed by atoms with E-state index in [-0.39, 0.29) is 5.41 Å². The number of aromatic nitrogens is 4. The van der Waals surface area contributed by atoms with Crippen LogP contribution >= 0.6 is 0 Å². The zero-order valence-electron chi connectivity index (χ0n) is 12.0. The van der Waals surface area contributed by atoms with E-state index in [1.165, 1.54) is 0 Å². The zero-order chi connectivity index (χ0) is 13.9. The fourth-order valence-corrected chi connectivity index (χ4v) is 2.13. The summed E-state index contributed by atoms with van der Waals surface area (Å²) in [6.07, 6.45) is 0.794. The molecule has 0 spiro atoms. The van der Waals surface area contributed by atoms with Crippen LogP contribution in [0.4, 0.5) is 0 Å². The Morgan fingerprint density at radius 2 is 1.89 bits per heavy atom. The summed E-state index contributed by atoms with van der Waals surface area (Å²) >= 11 is 0. The van der Waals surface area contributed by atoms with Gasteiger partial charge >= 0.3 is 0 Å². The summed E-state index contributed by atoms with van der Waals surface area (Å²) in [5.74, 6) is 0.875. The third-order valence-electron chi connectivity index (χ3n) is 3.32. The SMILES string of the molecule is CNC(Cc1nnnn1-c1ccccc1)C(C)(C)C. The molecule has 0 radical (unpaired) electrons. The predicted octanol–water partition coefficient (Wildman–Crippen LogP) is 1.84. The number of nitrogens with zero attached hydrogens (tertiary/aromatic N) is 4. The number of likely N-dealkylation sites (N-methyl/N-ethyl adjacent to an activating group) is 1. The van der Waals surface area contributed by atoms with Gasteiger partial charge in [0, 0.05) is 12.5 Å². The van der Waals surface area contributed by atoms with Crippen molar-refractivity contribution in [1.29, 1.82) is 0 Å². The number of benzene rings is 1. The second-order valence-corrected chi connectivity index (χ2v) is 5.75. The summed E-state index contributed by atoms with van der Waals surface area (Å²) < 4.78 is 1.80. The van der Waals surface area contributed by atoms with Crippen molar-refractivity contribution in [2.24, 2.45) is 5.41 Å². The van der Waals surface area contributed by atoms with Gasteiger partial charge in [0.05, 0.1) is 5.69 Å². The van der Waals surface area contributed by atoms with Gasteiger partial charge in [-0.2, -0.15) is 4.68 Å². The predicted molar refractivity (Wildman–Crippen MR) is 75.2 cm³/mol. The van der Waals surface area contributed by atoms with E-state index >= 15 is 0 Å². The number of rotatable bonds is 4. The highest BCUT2D eigenvalue weighted by atomic mass is 15.5. The van der Waals surface area contributed by atoms with Crippen LogP contribution in [0, 0.1) is 5.41 Å². The molecule has 0 aliphatic carbocycles. The van der Waals surface area contributed by atoms with E-state index in [1.807, 2.05) is 37.4 Å². The second-order valence-electron chi connectivity index (χ2n) is 5.75. The van der Waals surface area contributed by atoms with E-state index in [4.69, 9.17) is 0 Å². The molecule has 5 heteroatoms. The monoisotopic (exact) mass is 259 g/mol. The van der Waals surface area contributed by atoms with Crippen LogP contribution in [0.15, 0.2) is 30.3 Å². The Balaban J connectivity index is 2.26. The first-order valence-electron chi connectivity index (χ1n) is 6.52. The summed E-state index contributed by atoms with van der Waals surface area (Å²) in [6.45, 7) is 6.64. The standard InChI is InChI=1S/C14H21N5/c1-14(2,3)12(15-4)10-13-16-17-18-19(13)11-8-6-5-7-9-11/h5-9,12,15H,10H2,1-4H3. The average Bonchev–Trinajstić information content (AvgIpc) is 2.83. The van der Waals surface area contributed by atoms with E-state index in [0.29, 0.717) is 6.04 Å². The van der Waals surface area contributed by atoms with Crippen LogP contribution in [0.5, 0.6) is 0 Å². The van der Waals surface area contributed by atoms with Crippen LogP contribution < -0.4 is 5.32 Å². The molecule has 0 bridgehead atoms. The van der Waals surface area contributed by atoms with Crippen molar-refractivity contribution in [3.63, 3.8) is 0 Å². The van der Waals surface area contributed by atoms with E-state index in [1.54, 1.807) is 4.68 Å². The highest BCUT2D eigenvalue weighted by molar-refractivity contribution is 5.30. The quantitative estimate of drug-likeness (QED) is 0.910. The van der Waals surface area contributed by atoms with E-state index in [0.717, 1.165) is 17.9 Å². The fraction of sp³-hybridized carbons (Fsp3) is 0.500. The first-order valence-corrected chi connectivity index (χ1v) is 6.52. The number of hydrogen-bond acceptors (Lipinski definition) is 4. The first-order chi connectivity index (χ1) is 9.02. The average molecular weight is 259 g/mol. The van der Waals surface area contributed by atoms with Crippen molar-refractivity contribution < 1.29 is 0 Å². The summed E-state index contributed by atoms with van der Waals surface area (Å²) in [4.78, 5) is 0. The van der Waals surface area contributed by atoms with Crippen molar-refractivity contribution in [1.82, 2.24) is 25.5 Å². The fourth-order valence-electron chi connectivity index (χ4n) is 2.13. The van der Waals surface area contributed by atoms with Gasteiger partial charge in [0.1, 0.15) is 0 Å². The molecule has 0 fully saturated rings. The molecule has 0 aliphatic heterocycles. The lowest BCUT2D eigenvalue weighted by Gasteiger charge is -2.29. The molecule has 1 atom stereocenters. The van der Waals surface area contributed by atoms with Gasteiger partial charge in [-0.05, 0) is 35.0 Å². The molecular weight excluding hydrogens is 238 g/mol. The third kappa shape index (κ3) is 3.17. The molecule has 0 saturated carbocycles. The Hall–Kier alpha value is -1.75. The molecule has 1 N–H and O–H groups in total. The van der Waals surface area contributed by atoms with E-state index in [2.05, 4.69) is 41.6 Å². The molecule has 0 amide bonds. The number of tetrazole rings is 1. The van der Waals surface area contributed by atoms with E-state index in [9.17, 15) is 0 Å². The molecular formula is C14H21N5. The Kier molecular flexibility index (Phi) is 3.95. The molecule has 2 rings (SSSR count). The van der Waals surface area contributed by atoms with Crippen LogP contribution in [0.25, 0.3) is 5.69 Å². The van der Waals surface area contributed by atoms with Crippen molar-refractivity contribution >= 4 is 0 Å². The van der Waals surface area contributed by atoms with Crippen molar-refractivity contribution in [2.45, 2.75) is 33.2 Å². The molecule has 102 valence electrons. The molecule has 19 heavy (non-hydrogen) atoms. The summed E-state index contributed by atoms with van der Waals surface area (Å²) in [5, 5.41) is 15.4. The molecule has 2 aromatic rings. The largest absolute Gasteiger partial charge is 0.316 e. The van der Waals surface area contributed by atoms with Gasteiger partial charge in [0.15, 0.2) is 5.82 Å². The molecule has 0 saturated heterocycles. The molecule has 1 heterocycles. The van der Waals surface area contributed by atoms with Crippen molar-refractivity contribution in [2.75, 3.05) is 7.05 Å². The maximum absolute atomic E-state index is 4.16. The van der Waals surface area contributed by atoms with Gasteiger partial charge in [-0.25, -0.2) is 0 Å². The van der Waals surface area contributed by atoms with Gasteiger partial charge in [-0.3, -0.25) is 0 Å². The minimum Gasteiger partial charge on any atom is -0.316 e. The smallest absolute Gasteiger partial charge is 0.158 e. The number of hydrogen-bond donors (Lipinski definition) is 1. The van der Waals surface area contributed by atoms with Gasteiger partial charge in [0.25, 0.3) is 0 Å². The minimum absolute atomic E-state index is 0.155. The van der Waals surface area contributed by atoms with Gasteiger partial charge in [0.2, 0.25) is 0 Å². The van der Waals surface area contributed by atoms with Crippen LogP contribution in [0.2, 0.25) is 0 Å². The molecule has 5 nitrogen and oxygen atoms in total. The lowest BCUT2D eigenvalue weighted by Crippen LogP contribution is -2.40. The van der Waals surface area contributed by atoms with Crippen LogP contribution in [0.1, 0.15) is 26.6 Å². The lowest BCUT2D eigenvalue weighted by atomic mass is 9.85. The molecule has 1 aromatic carbocycles. The van der Waals surface area contributed by atoms with Gasteiger partial charge in [-0.15, -0.1) is 5.10 Å². The Labute approximate surface area is 114 Å². The minimum atomic E-state index is 0.155. The Bertz CT molecular complexity index is 512. The number of nitrogens with one attached hydrogen (secondary N) is 1. The molecule has 1 aromatic heterocycles. The van der Waals surface area contributed by atoms with Crippen molar-refractivity contribution in [3.8, 4) is 5.69 Å². The lowest BCUT2D eigenvalue weighted by molar-refractivity contribution is 0.275. The van der Waals surface area contributed by atoms with Gasteiger partial charge in [-0.1, -0.05) is 39.0 Å². The highest BCUT2D eigenvalue weighted by Crippen LogP contribution is 2.22. The van der Waals surface area contributed by atoms with Crippen molar-refractivity contribution in [3.05, 3.63) is 36.2 Å². The zero-order valence-corrected chi connectivity index (χ0v) is 12.0. The summed E-state index contributed by atoms with van der Waals surface area (Å²) in [6, 6.07) is 10.3. The van der Waals surface area contributed by atoms with Crippen LogP contribution in [-0.2, 0) is 6.42 Å². The first kappa shape index (κ1) is 13.7. The van der Waals surface area contributed by atoms with E-state index < -0.39 is 0 Å². The maximum Gasteiger partial charge on any atom is 0.158 e. The van der Waals surface area contributed by atoms with Gasteiger partial charge < -0.3 is 5.32 Å². The second kappa shape index (κ2) is 5.48. The maximum atomic E-state index is 4.16. The number of para-hydroxylation sites is 1. The molecule has 1 unspecified atom stereocenters.